The van der Waals surface area contributed by atoms with E-state index in [9.17, 15) is 13.2 Å². The van der Waals surface area contributed by atoms with Gasteiger partial charge in [0.05, 0.1) is 0 Å². The summed E-state index contributed by atoms with van der Waals surface area (Å²) in [7, 11) is 0. The summed E-state index contributed by atoms with van der Waals surface area (Å²) in [4.78, 5) is 8.00. The summed E-state index contributed by atoms with van der Waals surface area (Å²) in [5.74, 6) is 6.27. The highest BCUT2D eigenvalue weighted by Crippen LogP contribution is 2.29. The van der Waals surface area contributed by atoms with Crippen LogP contribution >= 0.6 is 11.8 Å². The van der Waals surface area contributed by atoms with Gasteiger partial charge in [-0.3, -0.25) is 0 Å². The second-order valence-corrected chi connectivity index (χ2v) is 4.82. The lowest BCUT2D eigenvalue weighted by atomic mass is 10.1. The summed E-state index contributed by atoms with van der Waals surface area (Å²) in [5.41, 5.74) is -0.964. The quantitative estimate of drug-likeness (QED) is 0.407. The van der Waals surface area contributed by atoms with Gasteiger partial charge in [0.25, 0.3) is 0 Å². The Hall–Kier alpha value is -1.22. The Bertz CT molecular complexity index is 399. The minimum atomic E-state index is -4.20. The lowest BCUT2D eigenvalue weighted by molar-refractivity contribution is -0.0327. The van der Waals surface area contributed by atoms with Gasteiger partial charge in [-0.25, -0.2) is 15.8 Å². The number of rotatable bonds is 7. The fraction of sp³-hybridized carbons (Fsp3) is 0.600. The number of thioether (sulfide) groups is 1. The van der Waals surface area contributed by atoms with E-state index in [1.165, 1.54) is 6.33 Å². The van der Waals surface area contributed by atoms with Gasteiger partial charge >= 0.3 is 5.51 Å². The van der Waals surface area contributed by atoms with Crippen molar-refractivity contribution in [2.24, 2.45) is 5.84 Å². The number of halogens is 3. The van der Waals surface area contributed by atoms with Crippen LogP contribution in [0.2, 0.25) is 0 Å². The van der Waals surface area contributed by atoms with Gasteiger partial charge in [0.1, 0.15) is 18.0 Å². The lowest BCUT2D eigenvalue weighted by Crippen LogP contribution is -2.16. The molecule has 0 amide bonds. The molecule has 0 atom stereocenters. The zero-order chi connectivity index (χ0) is 14.3. The molecular formula is C10H16F3N5S. The average Bonchev–Trinajstić information content (AvgIpc) is 2.35. The van der Waals surface area contributed by atoms with Gasteiger partial charge in [-0.2, -0.15) is 13.2 Å². The first-order chi connectivity index (χ1) is 8.98. The molecule has 4 N–H and O–H groups in total. The van der Waals surface area contributed by atoms with Crippen molar-refractivity contribution < 1.29 is 13.2 Å². The predicted octanol–water partition coefficient (Wildman–Crippen LogP) is 2.38. The first-order valence-electron chi connectivity index (χ1n) is 5.73. The maximum absolute atomic E-state index is 12.0. The molecule has 0 bridgehead atoms. The van der Waals surface area contributed by atoms with E-state index in [1.807, 2.05) is 6.92 Å². The van der Waals surface area contributed by atoms with Crippen LogP contribution in [0.15, 0.2) is 6.33 Å². The molecule has 1 rings (SSSR count). The third-order valence-corrected chi connectivity index (χ3v) is 2.98. The largest absolute Gasteiger partial charge is 0.441 e. The van der Waals surface area contributed by atoms with E-state index in [0.29, 0.717) is 18.1 Å². The van der Waals surface area contributed by atoms with Crippen LogP contribution in [0.25, 0.3) is 0 Å². The number of alkyl halides is 3. The summed E-state index contributed by atoms with van der Waals surface area (Å²) >= 11 is -0.0642. The standard InChI is InChI=1S/C10H16F3N5S/c1-2-3-7-8(16-6-17-9(7)18-14)15-4-5-19-10(11,12)13/h6H,2-5,14H2,1H3,(H2,15,16,17,18). The Kier molecular flexibility index (Phi) is 6.16. The van der Waals surface area contributed by atoms with Gasteiger partial charge < -0.3 is 10.7 Å². The van der Waals surface area contributed by atoms with Crippen molar-refractivity contribution in [3.8, 4) is 0 Å². The summed E-state index contributed by atoms with van der Waals surface area (Å²) in [6.07, 6.45) is 2.86. The number of nitrogen functional groups attached to an aromatic ring is 1. The number of hydrazine groups is 1. The number of nitrogens with two attached hydrogens (primary N) is 1. The molecule has 0 aromatic carbocycles. The zero-order valence-corrected chi connectivity index (χ0v) is 11.2. The van der Waals surface area contributed by atoms with Gasteiger partial charge in [-0.1, -0.05) is 13.3 Å². The Morgan fingerprint density at radius 3 is 2.58 bits per heavy atom. The number of nitrogens with zero attached hydrogens (tertiary/aromatic N) is 2. The molecule has 108 valence electrons. The Morgan fingerprint density at radius 1 is 1.32 bits per heavy atom. The van der Waals surface area contributed by atoms with Crippen molar-refractivity contribution in [2.75, 3.05) is 23.0 Å². The summed E-state index contributed by atoms with van der Waals surface area (Å²) in [6, 6.07) is 0. The highest BCUT2D eigenvalue weighted by atomic mass is 32.2. The van der Waals surface area contributed by atoms with Crippen LogP contribution < -0.4 is 16.6 Å². The van der Waals surface area contributed by atoms with Gasteiger partial charge in [0, 0.05) is 17.9 Å². The molecule has 0 unspecified atom stereocenters. The van der Waals surface area contributed by atoms with Crippen molar-refractivity contribution in [1.82, 2.24) is 9.97 Å². The van der Waals surface area contributed by atoms with Crippen LogP contribution in [-0.2, 0) is 6.42 Å². The Labute approximate surface area is 113 Å². The van der Waals surface area contributed by atoms with E-state index >= 15 is 0 Å². The van der Waals surface area contributed by atoms with Crippen molar-refractivity contribution >= 4 is 23.4 Å². The number of hydrogen-bond acceptors (Lipinski definition) is 6. The monoisotopic (exact) mass is 295 g/mol. The summed E-state index contributed by atoms with van der Waals surface area (Å²) in [5, 5.41) is 2.88. The van der Waals surface area contributed by atoms with Crippen molar-refractivity contribution in [2.45, 2.75) is 25.3 Å². The molecule has 0 fully saturated rings. The van der Waals surface area contributed by atoms with Gasteiger partial charge in [-0.15, -0.1) is 0 Å². The van der Waals surface area contributed by atoms with Gasteiger partial charge in [-0.05, 0) is 18.2 Å². The highest BCUT2D eigenvalue weighted by Gasteiger charge is 2.27. The molecule has 0 radical (unpaired) electrons. The summed E-state index contributed by atoms with van der Waals surface area (Å²) in [6.45, 7) is 2.15. The van der Waals surface area contributed by atoms with Crippen LogP contribution in [0, 0.1) is 0 Å². The molecular weight excluding hydrogens is 279 g/mol. The Balaban J connectivity index is 2.62. The molecule has 0 saturated heterocycles. The van der Waals surface area contributed by atoms with Crippen molar-refractivity contribution in [3.63, 3.8) is 0 Å². The zero-order valence-electron chi connectivity index (χ0n) is 10.4. The van der Waals surface area contributed by atoms with E-state index < -0.39 is 5.51 Å². The van der Waals surface area contributed by atoms with Crippen molar-refractivity contribution in [1.29, 1.82) is 0 Å². The second kappa shape index (κ2) is 7.39. The normalized spacial score (nSPS) is 11.4. The van der Waals surface area contributed by atoms with Crippen LogP contribution in [0.1, 0.15) is 18.9 Å². The van der Waals surface area contributed by atoms with Gasteiger partial charge in [0.15, 0.2) is 0 Å². The van der Waals surface area contributed by atoms with Crippen LogP contribution in [0.3, 0.4) is 0 Å². The molecule has 0 aliphatic rings. The molecule has 0 spiro atoms. The maximum Gasteiger partial charge on any atom is 0.441 e. The second-order valence-electron chi connectivity index (χ2n) is 3.66. The first-order valence-corrected chi connectivity index (χ1v) is 6.71. The van der Waals surface area contributed by atoms with E-state index in [1.54, 1.807) is 0 Å². The van der Waals surface area contributed by atoms with E-state index in [0.717, 1.165) is 12.0 Å². The molecule has 1 aromatic rings. The molecule has 0 saturated carbocycles. The molecule has 1 aromatic heterocycles. The van der Waals surface area contributed by atoms with Crippen LogP contribution in [0.4, 0.5) is 24.8 Å². The smallest absolute Gasteiger partial charge is 0.369 e. The predicted molar refractivity (Wildman–Crippen MR) is 70.8 cm³/mol. The fourth-order valence-corrected chi connectivity index (χ4v) is 1.95. The van der Waals surface area contributed by atoms with Crippen molar-refractivity contribution in [3.05, 3.63) is 11.9 Å². The minimum Gasteiger partial charge on any atom is -0.369 e. The molecule has 19 heavy (non-hydrogen) atoms. The molecule has 1 heterocycles. The van der Waals surface area contributed by atoms with Crippen LogP contribution in [0.5, 0.6) is 0 Å². The van der Waals surface area contributed by atoms with E-state index in [4.69, 9.17) is 5.84 Å². The minimum absolute atomic E-state index is 0.0642. The highest BCUT2D eigenvalue weighted by molar-refractivity contribution is 8.00. The van der Waals surface area contributed by atoms with Gasteiger partial charge in [0.2, 0.25) is 0 Å². The number of aromatic nitrogens is 2. The molecule has 9 heteroatoms. The maximum atomic E-state index is 12.0. The SMILES string of the molecule is CCCc1c(NN)ncnc1NCCSC(F)(F)F. The van der Waals surface area contributed by atoms with Crippen LogP contribution in [-0.4, -0.2) is 27.8 Å². The number of nitrogens with one attached hydrogen (secondary N) is 2. The Morgan fingerprint density at radius 2 is 2.00 bits per heavy atom. The summed E-state index contributed by atoms with van der Waals surface area (Å²) < 4.78 is 35.9. The topological polar surface area (TPSA) is 75.9 Å². The fourth-order valence-electron chi connectivity index (χ4n) is 1.51. The van der Waals surface area contributed by atoms with E-state index in [-0.39, 0.29) is 24.1 Å². The first kappa shape index (κ1) is 15.8. The number of hydrogen-bond donors (Lipinski definition) is 3. The third-order valence-electron chi connectivity index (χ3n) is 2.24. The average molecular weight is 295 g/mol. The number of anilines is 2. The molecule has 0 aliphatic carbocycles. The molecule has 0 aliphatic heterocycles. The lowest BCUT2D eigenvalue weighted by Gasteiger charge is -2.13. The third kappa shape index (κ3) is 5.52. The molecule has 5 nitrogen and oxygen atoms in total. The van der Waals surface area contributed by atoms with E-state index in [2.05, 4.69) is 20.7 Å².